The number of pyridine rings is 2. The topological polar surface area (TPSA) is 94.4 Å². The second kappa shape index (κ2) is 12.1. The number of rotatable bonds is 7. The Morgan fingerprint density at radius 2 is 1.91 bits per heavy atom. The fraction of sp³-hybridized carbons (Fsp3) is 0.400. The Balaban J connectivity index is 1.44. The SMILES string of the molecule is CN1CC[C@@H](NC(=O)C2(c3ccc(-c4cccnc4OC(F)F)nc3)CCN(c3ccc(C(F)(F)F)cc3C#N)CC2)C1. The van der Waals surface area contributed by atoms with E-state index in [1.165, 1.54) is 12.3 Å². The molecule has 0 saturated carbocycles. The molecule has 0 radical (unpaired) electrons. The fourth-order valence-corrected chi connectivity index (χ4v) is 5.83. The van der Waals surface area contributed by atoms with Crippen LogP contribution in [0.4, 0.5) is 27.6 Å². The van der Waals surface area contributed by atoms with Gasteiger partial charge in [0.25, 0.3) is 0 Å². The maximum absolute atomic E-state index is 14.0. The number of benzene rings is 1. The second-order valence-electron chi connectivity index (χ2n) is 10.8. The number of ether oxygens (including phenoxy) is 1. The molecule has 3 aromatic rings. The number of amides is 1. The van der Waals surface area contributed by atoms with Crippen molar-refractivity contribution < 1.29 is 31.5 Å². The lowest BCUT2D eigenvalue weighted by molar-refractivity contribution is -0.137. The summed E-state index contributed by atoms with van der Waals surface area (Å²) >= 11 is 0. The summed E-state index contributed by atoms with van der Waals surface area (Å²) in [7, 11) is 1.98. The van der Waals surface area contributed by atoms with Crippen molar-refractivity contribution in [2.75, 3.05) is 38.1 Å². The van der Waals surface area contributed by atoms with Crippen LogP contribution in [0.2, 0.25) is 0 Å². The monoisotopic (exact) mass is 600 g/mol. The van der Waals surface area contributed by atoms with Gasteiger partial charge in [-0.2, -0.15) is 27.2 Å². The number of hydrogen-bond donors (Lipinski definition) is 1. The maximum atomic E-state index is 14.0. The summed E-state index contributed by atoms with van der Waals surface area (Å²) in [6.45, 7) is -0.911. The molecule has 4 heterocycles. The predicted octanol–water partition coefficient (Wildman–Crippen LogP) is 4.99. The van der Waals surface area contributed by atoms with E-state index in [9.17, 15) is 32.0 Å². The van der Waals surface area contributed by atoms with E-state index in [0.717, 1.165) is 25.1 Å². The van der Waals surface area contributed by atoms with Gasteiger partial charge in [0.2, 0.25) is 11.8 Å². The molecule has 13 heteroatoms. The third-order valence-electron chi connectivity index (χ3n) is 8.13. The Kier molecular flexibility index (Phi) is 8.50. The van der Waals surface area contributed by atoms with Crippen molar-refractivity contribution in [3.8, 4) is 23.2 Å². The Bertz CT molecular complexity index is 1500. The minimum absolute atomic E-state index is 0.0378. The van der Waals surface area contributed by atoms with E-state index in [0.29, 0.717) is 49.4 Å². The quantitative estimate of drug-likeness (QED) is 0.382. The Morgan fingerprint density at radius 1 is 1.14 bits per heavy atom. The first kappa shape index (κ1) is 30.2. The number of likely N-dealkylation sites (N-methyl/N-ethyl adjacent to an activating group) is 1. The second-order valence-corrected chi connectivity index (χ2v) is 10.8. The number of alkyl halides is 5. The average molecular weight is 601 g/mol. The summed E-state index contributed by atoms with van der Waals surface area (Å²) in [5.41, 5.74) is -0.415. The molecule has 8 nitrogen and oxygen atoms in total. The van der Waals surface area contributed by atoms with Gasteiger partial charge in [-0.1, -0.05) is 6.07 Å². The smallest absolute Gasteiger partial charge is 0.416 e. The zero-order valence-electron chi connectivity index (χ0n) is 23.2. The van der Waals surface area contributed by atoms with E-state index in [2.05, 4.69) is 24.9 Å². The van der Waals surface area contributed by atoms with Gasteiger partial charge in [-0.05, 0) is 74.8 Å². The van der Waals surface area contributed by atoms with Gasteiger partial charge in [-0.15, -0.1) is 0 Å². The van der Waals surface area contributed by atoms with Gasteiger partial charge in [-0.25, -0.2) is 4.98 Å². The van der Waals surface area contributed by atoms with E-state index < -0.39 is 23.8 Å². The van der Waals surface area contributed by atoms with Crippen LogP contribution in [-0.2, 0) is 16.4 Å². The van der Waals surface area contributed by atoms with Gasteiger partial charge in [0.05, 0.1) is 33.5 Å². The number of carbonyl (C=O) groups is 1. The fourth-order valence-electron chi connectivity index (χ4n) is 5.83. The summed E-state index contributed by atoms with van der Waals surface area (Å²) in [5, 5.41) is 12.8. The molecule has 2 aromatic heterocycles. The molecule has 1 amide bonds. The number of aromatic nitrogens is 2. The van der Waals surface area contributed by atoms with Crippen molar-refractivity contribution in [3.63, 3.8) is 0 Å². The van der Waals surface area contributed by atoms with Crippen molar-refractivity contribution in [2.24, 2.45) is 0 Å². The third-order valence-corrected chi connectivity index (χ3v) is 8.13. The van der Waals surface area contributed by atoms with E-state index >= 15 is 0 Å². The first-order chi connectivity index (χ1) is 20.5. The molecule has 2 aliphatic rings. The zero-order valence-corrected chi connectivity index (χ0v) is 23.2. The molecule has 0 unspecified atom stereocenters. The third kappa shape index (κ3) is 6.39. The minimum Gasteiger partial charge on any atom is -0.416 e. The van der Waals surface area contributed by atoms with Crippen molar-refractivity contribution in [1.82, 2.24) is 20.2 Å². The van der Waals surface area contributed by atoms with Crippen LogP contribution in [0.5, 0.6) is 5.88 Å². The van der Waals surface area contributed by atoms with Crippen LogP contribution < -0.4 is 15.0 Å². The molecule has 1 atom stereocenters. The predicted molar refractivity (Wildman–Crippen MR) is 147 cm³/mol. The standard InChI is InChI=1S/C30H29F5N6O2/c1-40-12-8-22(18-40)39-27(42)29(21-4-6-24(38-17-21)23-3-2-11-37-26(23)43-28(31)32)9-13-41(14-10-29)25-7-5-20(30(33,34)35)15-19(25)16-36/h2-7,11,15,17,22,28H,8-10,12-14,18H2,1H3,(H,39,42)/t22-/m1/s1. The molecule has 0 spiro atoms. The largest absolute Gasteiger partial charge is 0.416 e. The maximum Gasteiger partial charge on any atom is 0.416 e. The number of nitrogens with one attached hydrogen (secondary N) is 1. The summed E-state index contributed by atoms with van der Waals surface area (Å²) in [4.78, 5) is 26.3. The summed E-state index contributed by atoms with van der Waals surface area (Å²) in [5.74, 6) is -0.452. The normalized spacial score (nSPS) is 18.8. The lowest BCUT2D eigenvalue weighted by atomic mass is 9.72. The molecular weight excluding hydrogens is 571 g/mol. The highest BCUT2D eigenvalue weighted by Crippen LogP contribution is 2.40. The molecule has 2 fully saturated rings. The summed E-state index contributed by atoms with van der Waals surface area (Å²) in [6.07, 6.45) is -0.287. The molecular formula is C30H29F5N6O2. The zero-order chi connectivity index (χ0) is 30.8. The van der Waals surface area contributed by atoms with Crippen molar-refractivity contribution in [3.05, 3.63) is 71.5 Å². The lowest BCUT2D eigenvalue weighted by Crippen LogP contribution is -2.54. The molecule has 1 aromatic carbocycles. The highest BCUT2D eigenvalue weighted by atomic mass is 19.4. The molecule has 2 aliphatic heterocycles. The number of nitrogens with zero attached hydrogens (tertiary/aromatic N) is 5. The summed E-state index contributed by atoms with van der Waals surface area (Å²) in [6, 6.07) is 11.4. The molecule has 0 aliphatic carbocycles. The number of halogens is 5. The molecule has 5 rings (SSSR count). The van der Waals surface area contributed by atoms with Gasteiger partial charge in [0, 0.05) is 38.1 Å². The van der Waals surface area contributed by atoms with Crippen molar-refractivity contribution >= 4 is 11.6 Å². The van der Waals surface area contributed by atoms with Crippen LogP contribution in [-0.4, -0.2) is 66.7 Å². The van der Waals surface area contributed by atoms with Crippen LogP contribution in [0, 0.1) is 11.3 Å². The van der Waals surface area contributed by atoms with Crippen LogP contribution in [0.1, 0.15) is 36.0 Å². The first-order valence-electron chi connectivity index (χ1n) is 13.7. The van der Waals surface area contributed by atoms with Gasteiger partial charge >= 0.3 is 12.8 Å². The van der Waals surface area contributed by atoms with E-state index in [-0.39, 0.29) is 29.0 Å². The van der Waals surface area contributed by atoms with Crippen LogP contribution in [0.3, 0.4) is 0 Å². The Labute approximate surface area is 245 Å². The van der Waals surface area contributed by atoms with Crippen LogP contribution >= 0.6 is 0 Å². The number of anilines is 1. The lowest BCUT2D eigenvalue weighted by Gasteiger charge is -2.42. The average Bonchev–Trinajstić information content (AvgIpc) is 3.40. The highest BCUT2D eigenvalue weighted by molar-refractivity contribution is 5.89. The van der Waals surface area contributed by atoms with Crippen molar-refractivity contribution in [2.45, 2.75) is 43.5 Å². The number of carbonyl (C=O) groups excluding carboxylic acids is 1. The van der Waals surface area contributed by atoms with Gasteiger partial charge in [0.1, 0.15) is 6.07 Å². The van der Waals surface area contributed by atoms with Crippen LogP contribution in [0.25, 0.3) is 11.3 Å². The van der Waals surface area contributed by atoms with E-state index in [4.69, 9.17) is 0 Å². The Hall–Kier alpha value is -4.31. The van der Waals surface area contributed by atoms with Crippen molar-refractivity contribution in [1.29, 1.82) is 5.26 Å². The number of hydrogen-bond acceptors (Lipinski definition) is 7. The van der Waals surface area contributed by atoms with Gasteiger partial charge in [-0.3, -0.25) is 9.78 Å². The molecule has 43 heavy (non-hydrogen) atoms. The molecule has 2 saturated heterocycles. The molecule has 1 N–H and O–H groups in total. The first-order valence-corrected chi connectivity index (χ1v) is 13.7. The number of likely N-dealkylation sites (tertiary alicyclic amines) is 1. The molecule has 0 bridgehead atoms. The number of piperidine rings is 1. The van der Waals surface area contributed by atoms with Crippen LogP contribution in [0.15, 0.2) is 54.9 Å². The number of nitriles is 1. The minimum atomic E-state index is -4.57. The Morgan fingerprint density at radius 3 is 2.51 bits per heavy atom. The molecule has 226 valence electrons. The highest BCUT2D eigenvalue weighted by Gasteiger charge is 2.45. The van der Waals surface area contributed by atoms with E-state index in [1.807, 2.05) is 18.0 Å². The van der Waals surface area contributed by atoms with Gasteiger partial charge < -0.3 is 19.9 Å². The summed E-state index contributed by atoms with van der Waals surface area (Å²) < 4.78 is 70.1. The van der Waals surface area contributed by atoms with Gasteiger partial charge in [0.15, 0.2) is 0 Å². The van der Waals surface area contributed by atoms with E-state index in [1.54, 1.807) is 30.5 Å².